The smallest absolute Gasteiger partial charge is 0.128 e. The molecule has 6 heteroatoms. The standard InChI is InChI=1S/C14H13ClFNO2S/c1-19-9-5-6-13(17)14(7-9)20(18)8-10-11(15)3-2-4-12(10)16/h2-7H,8,17H2,1H3. The molecule has 2 aromatic carbocycles. The maximum Gasteiger partial charge on any atom is 0.128 e. The number of nitrogens with two attached hydrogens (primary N) is 1. The number of benzene rings is 2. The van der Waals surface area contributed by atoms with Gasteiger partial charge in [-0.2, -0.15) is 0 Å². The van der Waals surface area contributed by atoms with Crippen LogP contribution in [0.3, 0.4) is 0 Å². The molecule has 1 unspecified atom stereocenters. The highest BCUT2D eigenvalue weighted by Gasteiger charge is 2.15. The Bertz CT molecular complexity index is 643. The SMILES string of the molecule is COc1ccc(N)c(S(=O)Cc2c(F)cccc2Cl)c1. The van der Waals surface area contributed by atoms with Crippen molar-refractivity contribution in [3.05, 3.63) is 52.8 Å². The summed E-state index contributed by atoms with van der Waals surface area (Å²) < 4.78 is 31.1. The van der Waals surface area contributed by atoms with Crippen LogP contribution in [0.4, 0.5) is 10.1 Å². The lowest BCUT2D eigenvalue weighted by Crippen LogP contribution is -2.03. The Morgan fingerprint density at radius 2 is 2.10 bits per heavy atom. The number of anilines is 1. The van der Waals surface area contributed by atoms with Gasteiger partial charge in [0.25, 0.3) is 0 Å². The lowest BCUT2D eigenvalue weighted by molar-refractivity contribution is 0.413. The first-order chi connectivity index (χ1) is 9.52. The molecule has 2 aromatic rings. The van der Waals surface area contributed by atoms with Crippen LogP contribution in [0.1, 0.15) is 5.56 Å². The summed E-state index contributed by atoms with van der Waals surface area (Å²) in [5.41, 5.74) is 6.39. The minimum absolute atomic E-state index is 0.0388. The molecule has 0 aliphatic heterocycles. The quantitative estimate of drug-likeness (QED) is 0.880. The van der Waals surface area contributed by atoms with Crippen LogP contribution >= 0.6 is 11.6 Å². The van der Waals surface area contributed by atoms with E-state index in [0.717, 1.165) is 0 Å². The van der Waals surface area contributed by atoms with Crippen molar-refractivity contribution in [2.45, 2.75) is 10.6 Å². The van der Waals surface area contributed by atoms with Crippen molar-refractivity contribution in [3.63, 3.8) is 0 Å². The van der Waals surface area contributed by atoms with Crippen LogP contribution in [-0.2, 0) is 16.6 Å². The number of halogens is 2. The molecule has 106 valence electrons. The van der Waals surface area contributed by atoms with Gasteiger partial charge in [-0.15, -0.1) is 0 Å². The van der Waals surface area contributed by atoms with E-state index >= 15 is 0 Å². The summed E-state index contributed by atoms with van der Waals surface area (Å²) in [6.45, 7) is 0. The predicted octanol–water partition coefficient (Wildman–Crippen LogP) is 3.38. The average Bonchev–Trinajstić information content (AvgIpc) is 2.43. The fraction of sp³-hybridized carbons (Fsp3) is 0.143. The van der Waals surface area contributed by atoms with Crippen molar-refractivity contribution >= 4 is 28.1 Å². The summed E-state index contributed by atoms with van der Waals surface area (Å²) in [6, 6.07) is 9.21. The van der Waals surface area contributed by atoms with Gasteiger partial charge in [0.2, 0.25) is 0 Å². The molecule has 3 nitrogen and oxygen atoms in total. The first-order valence-corrected chi connectivity index (χ1v) is 7.47. The number of methoxy groups -OCH3 is 1. The van der Waals surface area contributed by atoms with Gasteiger partial charge in [-0.05, 0) is 30.3 Å². The molecule has 0 radical (unpaired) electrons. The van der Waals surface area contributed by atoms with Gasteiger partial charge >= 0.3 is 0 Å². The van der Waals surface area contributed by atoms with Crippen molar-refractivity contribution in [1.29, 1.82) is 0 Å². The molecule has 0 spiro atoms. The normalized spacial score (nSPS) is 12.2. The van der Waals surface area contributed by atoms with Gasteiger partial charge in [0.1, 0.15) is 11.6 Å². The van der Waals surface area contributed by atoms with E-state index in [4.69, 9.17) is 22.1 Å². The van der Waals surface area contributed by atoms with Gasteiger partial charge < -0.3 is 10.5 Å². The zero-order valence-corrected chi connectivity index (χ0v) is 12.3. The van der Waals surface area contributed by atoms with Crippen LogP contribution in [-0.4, -0.2) is 11.3 Å². The summed E-state index contributed by atoms with van der Waals surface area (Å²) in [5, 5.41) is 0.250. The van der Waals surface area contributed by atoms with Crippen LogP contribution in [0.15, 0.2) is 41.3 Å². The third-order valence-corrected chi connectivity index (χ3v) is 4.55. The van der Waals surface area contributed by atoms with Crippen LogP contribution in [0.25, 0.3) is 0 Å². The molecule has 1 atom stereocenters. The van der Waals surface area contributed by atoms with Gasteiger partial charge in [0.05, 0.1) is 28.6 Å². The van der Waals surface area contributed by atoms with Gasteiger partial charge in [0.15, 0.2) is 0 Å². The third kappa shape index (κ3) is 3.11. The van der Waals surface area contributed by atoms with Crippen molar-refractivity contribution < 1.29 is 13.3 Å². The number of hydrogen-bond donors (Lipinski definition) is 1. The van der Waals surface area contributed by atoms with Crippen molar-refractivity contribution in [2.75, 3.05) is 12.8 Å². The van der Waals surface area contributed by atoms with E-state index in [1.807, 2.05) is 0 Å². The number of rotatable bonds is 4. The molecule has 2 rings (SSSR count). The Balaban J connectivity index is 2.33. The fourth-order valence-corrected chi connectivity index (χ4v) is 3.32. The van der Waals surface area contributed by atoms with Crippen LogP contribution in [0, 0.1) is 5.82 Å². The molecule has 0 bridgehead atoms. The maximum atomic E-state index is 13.7. The lowest BCUT2D eigenvalue weighted by Gasteiger charge is -2.09. The molecule has 20 heavy (non-hydrogen) atoms. The van der Waals surface area contributed by atoms with Gasteiger partial charge in [-0.3, -0.25) is 4.21 Å². The van der Waals surface area contributed by atoms with Crippen LogP contribution in [0.5, 0.6) is 5.75 Å². The monoisotopic (exact) mass is 313 g/mol. The Morgan fingerprint density at radius 3 is 2.75 bits per heavy atom. The molecular formula is C14H13ClFNO2S. The fourth-order valence-electron chi connectivity index (χ4n) is 1.72. The maximum absolute atomic E-state index is 13.7. The first kappa shape index (κ1) is 14.8. The van der Waals surface area contributed by atoms with Gasteiger partial charge in [-0.25, -0.2) is 4.39 Å². The average molecular weight is 314 g/mol. The summed E-state index contributed by atoms with van der Waals surface area (Å²) in [5.74, 6) is 0.0255. The molecule has 0 heterocycles. The highest BCUT2D eigenvalue weighted by atomic mass is 35.5. The minimum Gasteiger partial charge on any atom is -0.497 e. The largest absolute Gasteiger partial charge is 0.497 e. The molecule has 0 aliphatic rings. The predicted molar refractivity (Wildman–Crippen MR) is 78.9 cm³/mol. The van der Waals surface area contributed by atoms with E-state index in [1.54, 1.807) is 24.3 Å². The van der Waals surface area contributed by atoms with Crippen LogP contribution < -0.4 is 10.5 Å². The van der Waals surface area contributed by atoms with E-state index in [1.165, 1.54) is 19.2 Å². The van der Waals surface area contributed by atoms with Crippen molar-refractivity contribution in [3.8, 4) is 5.75 Å². The Hall–Kier alpha value is -1.59. The summed E-state index contributed by atoms with van der Waals surface area (Å²) in [4.78, 5) is 0.406. The van der Waals surface area contributed by atoms with Crippen molar-refractivity contribution in [2.24, 2.45) is 0 Å². The second kappa shape index (κ2) is 6.24. The molecule has 0 fully saturated rings. The van der Waals surface area contributed by atoms with Gasteiger partial charge in [0, 0.05) is 16.3 Å². The first-order valence-electron chi connectivity index (χ1n) is 5.77. The molecule has 0 amide bonds. The van der Waals surface area contributed by atoms with Crippen LogP contribution in [0.2, 0.25) is 5.02 Å². The summed E-state index contributed by atoms with van der Waals surface area (Å²) in [6.07, 6.45) is 0. The Labute approximate surface area is 124 Å². The molecule has 2 N–H and O–H groups in total. The molecule has 0 aromatic heterocycles. The number of hydrogen-bond acceptors (Lipinski definition) is 3. The van der Waals surface area contributed by atoms with E-state index in [0.29, 0.717) is 16.3 Å². The summed E-state index contributed by atoms with van der Waals surface area (Å²) in [7, 11) is -0.00193. The Morgan fingerprint density at radius 1 is 1.35 bits per heavy atom. The molecular weight excluding hydrogens is 301 g/mol. The van der Waals surface area contributed by atoms with E-state index < -0.39 is 16.6 Å². The highest BCUT2D eigenvalue weighted by Crippen LogP contribution is 2.27. The molecule has 0 saturated heterocycles. The Kier molecular flexibility index (Phi) is 4.62. The summed E-state index contributed by atoms with van der Waals surface area (Å²) >= 11 is 5.93. The molecule has 0 aliphatic carbocycles. The number of ether oxygens (including phenoxy) is 1. The second-order valence-electron chi connectivity index (χ2n) is 4.09. The molecule has 0 saturated carbocycles. The zero-order valence-electron chi connectivity index (χ0n) is 10.7. The highest BCUT2D eigenvalue weighted by molar-refractivity contribution is 7.84. The zero-order chi connectivity index (χ0) is 14.7. The third-order valence-electron chi connectivity index (χ3n) is 2.80. The minimum atomic E-state index is -1.51. The van der Waals surface area contributed by atoms with E-state index in [-0.39, 0.29) is 16.3 Å². The second-order valence-corrected chi connectivity index (χ2v) is 5.92. The topological polar surface area (TPSA) is 52.3 Å². The number of nitrogen functional groups attached to an aromatic ring is 1. The lowest BCUT2D eigenvalue weighted by atomic mass is 10.2. The van der Waals surface area contributed by atoms with Crippen molar-refractivity contribution in [1.82, 2.24) is 0 Å². The van der Waals surface area contributed by atoms with E-state index in [2.05, 4.69) is 0 Å². The van der Waals surface area contributed by atoms with Gasteiger partial charge in [-0.1, -0.05) is 17.7 Å². The van der Waals surface area contributed by atoms with E-state index in [9.17, 15) is 8.60 Å².